The molecule has 6 nitrogen and oxygen atoms in total. The third-order valence-electron chi connectivity index (χ3n) is 6.76. The van der Waals surface area contributed by atoms with Gasteiger partial charge in [0.2, 0.25) is 11.8 Å². The number of fused-ring (bicyclic) bond motifs is 5. The molecule has 0 N–H and O–H groups in total. The first-order chi connectivity index (χ1) is 16.5. The van der Waals surface area contributed by atoms with Crippen molar-refractivity contribution < 1.29 is 14.4 Å². The highest BCUT2D eigenvalue weighted by Crippen LogP contribution is 2.53. The average Bonchev–Trinajstić information content (AvgIpc) is 3.31. The molecule has 3 aliphatic heterocycles. The summed E-state index contributed by atoms with van der Waals surface area (Å²) in [6.45, 7) is 0. The number of hydrogen-bond acceptors (Lipinski definition) is 5. The maximum atomic E-state index is 13.8. The molecule has 3 aliphatic rings. The Morgan fingerprint density at radius 1 is 0.824 bits per heavy atom. The summed E-state index contributed by atoms with van der Waals surface area (Å²) in [7, 11) is 0. The van der Waals surface area contributed by atoms with E-state index in [0.29, 0.717) is 21.3 Å². The lowest BCUT2D eigenvalue weighted by Gasteiger charge is -2.33. The molecule has 2 amide bonds. The van der Waals surface area contributed by atoms with E-state index in [2.05, 4.69) is 5.10 Å². The number of carbonyl (C=O) groups is 3. The van der Waals surface area contributed by atoms with Crippen LogP contribution < -0.4 is 4.90 Å². The molecule has 2 saturated heterocycles. The van der Waals surface area contributed by atoms with E-state index in [4.69, 9.17) is 23.2 Å². The zero-order chi connectivity index (χ0) is 23.6. The summed E-state index contributed by atoms with van der Waals surface area (Å²) in [5.41, 5.74) is 2.54. The minimum absolute atomic E-state index is 0.278. The number of carbonyl (C=O) groups excluding carboxylic acids is 3. The van der Waals surface area contributed by atoms with Crippen LogP contribution in [0.4, 0.5) is 5.69 Å². The van der Waals surface area contributed by atoms with Crippen LogP contribution in [0.3, 0.4) is 0 Å². The van der Waals surface area contributed by atoms with E-state index in [-0.39, 0.29) is 11.7 Å². The van der Waals surface area contributed by atoms with Gasteiger partial charge in [-0.15, -0.1) is 0 Å². The van der Waals surface area contributed by atoms with Crippen LogP contribution in [0.2, 0.25) is 10.0 Å². The molecule has 0 radical (unpaired) electrons. The van der Waals surface area contributed by atoms with E-state index in [9.17, 15) is 14.4 Å². The zero-order valence-corrected chi connectivity index (χ0v) is 19.1. The average molecular weight is 490 g/mol. The molecular formula is C26H17Cl2N3O3. The molecule has 34 heavy (non-hydrogen) atoms. The molecule has 4 atom stereocenters. The maximum Gasteiger partial charge on any atom is 0.240 e. The quantitative estimate of drug-likeness (QED) is 0.393. The summed E-state index contributed by atoms with van der Waals surface area (Å²) in [5, 5.41) is 7.12. The van der Waals surface area contributed by atoms with E-state index >= 15 is 0 Å². The normalized spacial score (nSPS) is 24.8. The molecule has 3 aromatic carbocycles. The van der Waals surface area contributed by atoms with Crippen LogP contribution in [0.1, 0.15) is 27.5 Å². The first kappa shape index (κ1) is 21.1. The predicted octanol–water partition coefficient (Wildman–Crippen LogP) is 4.75. The fourth-order valence-electron chi connectivity index (χ4n) is 5.32. The summed E-state index contributed by atoms with van der Waals surface area (Å²) < 4.78 is 0. The lowest BCUT2D eigenvalue weighted by molar-refractivity contribution is -0.124. The molecule has 2 fully saturated rings. The smallest absolute Gasteiger partial charge is 0.240 e. The van der Waals surface area contributed by atoms with Crippen LogP contribution in [0.5, 0.6) is 0 Å². The number of halogens is 2. The molecular weight excluding hydrogens is 473 g/mol. The lowest BCUT2D eigenvalue weighted by Crippen LogP contribution is -2.44. The summed E-state index contributed by atoms with van der Waals surface area (Å²) >= 11 is 12.2. The lowest BCUT2D eigenvalue weighted by atomic mass is 9.83. The second-order valence-electron chi connectivity index (χ2n) is 8.56. The van der Waals surface area contributed by atoms with Crippen molar-refractivity contribution in [1.29, 1.82) is 0 Å². The maximum absolute atomic E-state index is 13.8. The fourth-order valence-corrected chi connectivity index (χ4v) is 5.63. The minimum Gasteiger partial charge on any atom is -0.292 e. The Kier molecular flexibility index (Phi) is 4.83. The van der Waals surface area contributed by atoms with Gasteiger partial charge in [-0.3, -0.25) is 19.4 Å². The van der Waals surface area contributed by atoms with Crippen molar-refractivity contribution in [3.8, 4) is 0 Å². The van der Waals surface area contributed by atoms with Crippen LogP contribution >= 0.6 is 23.2 Å². The molecule has 6 rings (SSSR count). The Balaban J connectivity index is 1.50. The summed E-state index contributed by atoms with van der Waals surface area (Å²) in [5.74, 6) is -2.70. The molecule has 0 aliphatic carbocycles. The van der Waals surface area contributed by atoms with Crippen molar-refractivity contribution in [3.63, 3.8) is 0 Å². The number of amides is 2. The van der Waals surface area contributed by atoms with Gasteiger partial charge in [0.15, 0.2) is 5.78 Å². The predicted molar refractivity (Wildman–Crippen MR) is 129 cm³/mol. The Hall–Kier alpha value is -3.48. The number of ketones is 1. The van der Waals surface area contributed by atoms with Crippen LogP contribution in [0.15, 0.2) is 77.9 Å². The number of nitrogens with zero attached hydrogens (tertiary/aromatic N) is 3. The molecule has 8 heteroatoms. The zero-order valence-electron chi connectivity index (χ0n) is 17.6. The molecule has 0 unspecified atom stereocenters. The second kappa shape index (κ2) is 7.79. The standard InChI is InChI=1S/C26H17Cl2N3O3/c27-16-10-8-14(9-11-16)24(32)23-21-20(22-19-7-2-1-4-15(19)13-29-31(22)23)25(33)30(26(21)34)18-6-3-5-17(28)12-18/h1-13,20-23H/t20-,21+,22-,23-/m0/s1. The Bertz CT molecular complexity index is 1390. The number of hydrazone groups is 1. The largest absolute Gasteiger partial charge is 0.292 e. The van der Waals surface area contributed by atoms with Gasteiger partial charge < -0.3 is 0 Å². The van der Waals surface area contributed by atoms with Crippen molar-refractivity contribution in [2.45, 2.75) is 12.1 Å². The van der Waals surface area contributed by atoms with Gasteiger partial charge in [0, 0.05) is 15.6 Å². The Morgan fingerprint density at radius 3 is 2.32 bits per heavy atom. The minimum atomic E-state index is -0.929. The van der Waals surface area contributed by atoms with Crippen molar-refractivity contribution >= 4 is 52.7 Å². The van der Waals surface area contributed by atoms with E-state index in [1.54, 1.807) is 59.8 Å². The number of anilines is 1. The second-order valence-corrected chi connectivity index (χ2v) is 9.43. The van der Waals surface area contributed by atoms with Gasteiger partial charge in [0.25, 0.3) is 0 Å². The number of imide groups is 1. The van der Waals surface area contributed by atoms with Crippen molar-refractivity contribution in [2.75, 3.05) is 4.90 Å². The highest BCUT2D eigenvalue weighted by Gasteiger charge is 2.65. The van der Waals surface area contributed by atoms with Crippen LogP contribution in [-0.4, -0.2) is 34.9 Å². The van der Waals surface area contributed by atoms with E-state index in [1.165, 1.54) is 4.90 Å². The topological polar surface area (TPSA) is 70.0 Å². The van der Waals surface area contributed by atoms with Gasteiger partial charge >= 0.3 is 0 Å². The van der Waals surface area contributed by atoms with Gasteiger partial charge in [0.05, 0.1) is 29.8 Å². The molecule has 0 bridgehead atoms. The van der Waals surface area contributed by atoms with Gasteiger partial charge in [0.1, 0.15) is 6.04 Å². The van der Waals surface area contributed by atoms with E-state index in [0.717, 1.165) is 11.1 Å². The Morgan fingerprint density at radius 2 is 1.56 bits per heavy atom. The molecule has 3 aromatic rings. The van der Waals surface area contributed by atoms with Crippen LogP contribution in [0.25, 0.3) is 0 Å². The summed E-state index contributed by atoms with van der Waals surface area (Å²) in [6, 6.07) is 19.3. The number of Topliss-reactive ketones (excluding diaryl/α,β-unsaturated/α-hetero) is 1. The number of hydrogen-bond donors (Lipinski definition) is 0. The third-order valence-corrected chi connectivity index (χ3v) is 7.24. The molecule has 3 heterocycles. The van der Waals surface area contributed by atoms with Crippen molar-refractivity contribution in [3.05, 3.63) is 99.5 Å². The van der Waals surface area contributed by atoms with E-state index < -0.39 is 29.8 Å². The van der Waals surface area contributed by atoms with Crippen molar-refractivity contribution in [2.24, 2.45) is 16.9 Å². The first-order valence-corrected chi connectivity index (χ1v) is 11.6. The van der Waals surface area contributed by atoms with Gasteiger partial charge in [-0.05, 0) is 53.6 Å². The van der Waals surface area contributed by atoms with Gasteiger partial charge in [-0.2, -0.15) is 5.10 Å². The molecule has 0 spiro atoms. The number of rotatable bonds is 3. The molecule has 168 valence electrons. The fraction of sp³-hybridized carbons (Fsp3) is 0.154. The third kappa shape index (κ3) is 3.02. The highest BCUT2D eigenvalue weighted by molar-refractivity contribution is 6.32. The first-order valence-electron chi connectivity index (χ1n) is 10.8. The highest BCUT2D eigenvalue weighted by atomic mass is 35.5. The monoisotopic (exact) mass is 489 g/mol. The molecule has 0 aromatic heterocycles. The Labute approximate surface area is 205 Å². The van der Waals surface area contributed by atoms with Crippen LogP contribution in [-0.2, 0) is 9.59 Å². The summed E-state index contributed by atoms with van der Waals surface area (Å²) in [4.78, 5) is 42.5. The van der Waals surface area contributed by atoms with Gasteiger partial charge in [-0.25, -0.2) is 4.90 Å². The van der Waals surface area contributed by atoms with E-state index in [1.807, 2.05) is 24.3 Å². The molecule has 0 saturated carbocycles. The SMILES string of the molecule is O=C(c1ccc(Cl)cc1)[C@@H]1[C@@H]2C(=O)N(c3cccc(Cl)c3)C(=O)[C@@H]2[C@@H]2c3ccccc3C=NN12. The van der Waals surface area contributed by atoms with Crippen LogP contribution in [0, 0.1) is 11.8 Å². The van der Waals surface area contributed by atoms with Crippen molar-refractivity contribution in [1.82, 2.24) is 5.01 Å². The van der Waals surface area contributed by atoms with Gasteiger partial charge in [-0.1, -0.05) is 53.5 Å². The number of benzene rings is 3. The summed E-state index contributed by atoms with van der Waals surface area (Å²) in [6.07, 6.45) is 1.68.